The molecule has 0 heterocycles. The Kier molecular flexibility index (Phi) is 10.9. The van der Waals surface area contributed by atoms with Crippen LogP contribution in [-0.2, 0) is 25.5 Å². The predicted octanol–water partition coefficient (Wildman–Crippen LogP) is 4.05. The molecule has 2 rings (SSSR count). The van der Waals surface area contributed by atoms with Crippen LogP contribution >= 0.6 is 0 Å². The van der Waals surface area contributed by atoms with Crippen LogP contribution in [0, 0.1) is 29.6 Å². The molecule has 0 amide bonds. The van der Waals surface area contributed by atoms with Gasteiger partial charge in [-0.05, 0) is 73.5 Å². The highest BCUT2D eigenvalue weighted by Gasteiger charge is 2.46. The van der Waals surface area contributed by atoms with Gasteiger partial charge in [0.05, 0.1) is 12.7 Å². The number of aliphatic hydroxyl groups is 1. The van der Waals surface area contributed by atoms with E-state index in [1.165, 1.54) is 0 Å². The molecule has 0 bridgehead atoms. The van der Waals surface area contributed by atoms with Crippen molar-refractivity contribution in [2.45, 2.75) is 78.2 Å². The Morgan fingerprint density at radius 2 is 2.03 bits per heavy atom. The van der Waals surface area contributed by atoms with Crippen molar-refractivity contribution in [2.75, 3.05) is 18.1 Å². The number of rotatable bonds is 13. The normalized spacial score (nSPS) is 30.4. The van der Waals surface area contributed by atoms with Crippen molar-refractivity contribution in [1.29, 1.82) is 0 Å². The van der Waals surface area contributed by atoms with E-state index in [0.717, 1.165) is 44.9 Å². The minimum absolute atomic E-state index is 0.0176. The summed E-state index contributed by atoms with van der Waals surface area (Å²) < 4.78 is 17.0. The number of hydrogen-bond donors (Lipinski definition) is 1. The van der Waals surface area contributed by atoms with Gasteiger partial charge in [-0.3, -0.25) is 4.79 Å². The molecule has 5 nitrogen and oxygen atoms in total. The first-order chi connectivity index (χ1) is 14.3. The maximum atomic E-state index is 12.3. The van der Waals surface area contributed by atoms with Crippen molar-refractivity contribution in [3.63, 3.8) is 0 Å². The van der Waals surface area contributed by atoms with Crippen LogP contribution in [0.1, 0.15) is 72.1 Å². The summed E-state index contributed by atoms with van der Waals surface area (Å²) in [5.41, 5.74) is 0. The van der Waals surface area contributed by atoms with Crippen molar-refractivity contribution in [3.8, 4) is 0 Å². The van der Waals surface area contributed by atoms with E-state index >= 15 is 0 Å². The molecule has 2 aliphatic carbocycles. The second kappa shape index (κ2) is 12.9. The zero-order chi connectivity index (χ0) is 22.1. The summed E-state index contributed by atoms with van der Waals surface area (Å²) in [6.07, 6.45) is 11.0. The highest BCUT2D eigenvalue weighted by atomic mass is 32.2. The molecule has 2 aliphatic rings. The lowest BCUT2D eigenvalue weighted by molar-refractivity contribution is -0.140. The molecule has 1 N–H and O–H groups in total. The number of carbonyl (C=O) groups excluding carboxylic acids is 2. The molecule has 0 saturated heterocycles. The Morgan fingerprint density at radius 3 is 2.73 bits per heavy atom. The van der Waals surface area contributed by atoms with E-state index in [4.69, 9.17) is 4.74 Å². The summed E-state index contributed by atoms with van der Waals surface area (Å²) in [6.45, 7) is 6.37. The zero-order valence-corrected chi connectivity index (χ0v) is 19.7. The molecule has 172 valence electrons. The average molecular weight is 441 g/mol. The molecular formula is C24H40O5S. The molecule has 0 spiro atoms. The van der Waals surface area contributed by atoms with Crippen LogP contribution in [0.15, 0.2) is 12.2 Å². The number of ether oxygens (including phenoxy) is 1. The van der Waals surface area contributed by atoms with Crippen molar-refractivity contribution in [2.24, 2.45) is 29.6 Å². The Labute approximate surface area is 185 Å². The maximum Gasteiger partial charge on any atom is 0.356 e. The molecule has 0 radical (unpaired) electrons. The van der Waals surface area contributed by atoms with Gasteiger partial charge in [-0.2, -0.15) is 0 Å². The maximum absolute atomic E-state index is 12.3. The SMILES string of the molecule is CCCCC(C)CC(=O)C=C[C@H]1[C@@H]2CC(CC[S+]([O-])CC(=O)OCC)C[C@H]2C[C@@H]1O. The lowest BCUT2D eigenvalue weighted by Crippen LogP contribution is -2.22. The summed E-state index contributed by atoms with van der Waals surface area (Å²) in [5.74, 6) is 2.13. The van der Waals surface area contributed by atoms with Crippen LogP contribution in [0.3, 0.4) is 0 Å². The lowest BCUT2D eigenvalue weighted by Gasteiger charge is -2.19. The van der Waals surface area contributed by atoms with Crippen LogP contribution in [0.4, 0.5) is 0 Å². The largest absolute Gasteiger partial charge is 0.616 e. The average Bonchev–Trinajstić information content (AvgIpc) is 3.19. The van der Waals surface area contributed by atoms with Crippen molar-refractivity contribution >= 4 is 22.9 Å². The minimum atomic E-state index is -1.17. The molecule has 6 heteroatoms. The van der Waals surface area contributed by atoms with Gasteiger partial charge in [0.1, 0.15) is 5.75 Å². The highest BCUT2D eigenvalue weighted by Crippen LogP contribution is 2.51. The van der Waals surface area contributed by atoms with Crippen LogP contribution < -0.4 is 0 Å². The highest BCUT2D eigenvalue weighted by molar-refractivity contribution is 7.92. The summed E-state index contributed by atoms with van der Waals surface area (Å²) >= 11 is -1.17. The molecular weight excluding hydrogens is 400 g/mol. The first kappa shape index (κ1) is 25.4. The van der Waals surface area contributed by atoms with Crippen LogP contribution in [0.2, 0.25) is 0 Å². The van der Waals surface area contributed by atoms with E-state index in [1.54, 1.807) is 13.0 Å². The number of aliphatic hydroxyl groups excluding tert-OH is 1. The Hall–Kier alpha value is -0.850. The molecule has 2 fully saturated rings. The van der Waals surface area contributed by atoms with Crippen molar-refractivity contribution in [1.82, 2.24) is 0 Å². The van der Waals surface area contributed by atoms with E-state index in [9.17, 15) is 19.2 Å². The third-order valence-electron chi connectivity index (χ3n) is 6.77. The number of esters is 1. The first-order valence-corrected chi connectivity index (χ1v) is 13.2. The molecule has 7 atom stereocenters. The number of allylic oxidation sites excluding steroid dienone is 1. The fraction of sp³-hybridized carbons (Fsp3) is 0.833. The van der Waals surface area contributed by atoms with Gasteiger partial charge in [0.2, 0.25) is 5.75 Å². The van der Waals surface area contributed by atoms with Crippen molar-refractivity contribution < 1.29 is 24.0 Å². The number of fused-ring (bicyclic) bond motifs is 1. The predicted molar refractivity (Wildman–Crippen MR) is 120 cm³/mol. The van der Waals surface area contributed by atoms with Crippen molar-refractivity contribution in [3.05, 3.63) is 12.2 Å². The number of ketones is 1. The lowest BCUT2D eigenvalue weighted by atomic mass is 9.89. The Bertz CT molecular complexity index is 578. The van der Waals surface area contributed by atoms with Crippen LogP contribution in [-0.4, -0.2) is 45.6 Å². The van der Waals surface area contributed by atoms with Gasteiger partial charge < -0.3 is 14.4 Å². The fourth-order valence-corrected chi connectivity index (χ4v) is 6.35. The molecule has 3 unspecified atom stereocenters. The zero-order valence-electron chi connectivity index (χ0n) is 18.9. The molecule has 0 aromatic heterocycles. The summed E-state index contributed by atoms with van der Waals surface area (Å²) in [4.78, 5) is 23.8. The van der Waals surface area contributed by atoms with Crippen LogP contribution in [0.5, 0.6) is 0 Å². The Balaban J connectivity index is 1.78. The number of carbonyl (C=O) groups is 2. The topological polar surface area (TPSA) is 86.7 Å². The second-order valence-corrected chi connectivity index (χ2v) is 10.9. The van der Waals surface area contributed by atoms with Gasteiger partial charge in [-0.1, -0.05) is 39.2 Å². The minimum Gasteiger partial charge on any atom is -0.616 e. The van der Waals surface area contributed by atoms with E-state index in [1.807, 2.05) is 6.08 Å². The molecule has 0 aromatic rings. The molecule has 2 saturated carbocycles. The summed E-state index contributed by atoms with van der Waals surface area (Å²) in [7, 11) is 0. The Morgan fingerprint density at radius 1 is 1.27 bits per heavy atom. The van der Waals surface area contributed by atoms with E-state index in [2.05, 4.69) is 13.8 Å². The summed E-state index contributed by atoms with van der Waals surface area (Å²) in [5, 5.41) is 10.5. The third-order valence-corrected chi connectivity index (χ3v) is 8.02. The second-order valence-electron chi connectivity index (χ2n) is 9.30. The van der Waals surface area contributed by atoms with Gasteiger partial charge in [0.25, 0.3) is 0 Å². The van der Waals surface area contributed by atoms with E-state index < -0.39 is 11.2 Å². The van der Waals surface area contributed by atoms with Crippen LogP contribution in [0.25, 0.3) is 0 Å². The monoisotopic (exact) mass is 440 g/mol. The van der Waals surface area contributed by atoms with Gasteiger partial charge in [-0.25, -0.2) is 4.79 Å². The fourth-order valence-electron chi connectivity index (χ4n) is 5.27. The quantitative estimate of drug-likeness (QED) is 0.265. The van der Waals surface area contributed by atoms with Gasteiger partial charge in [0, 0.05) is 12.3 Å². The smallest absolute Gasteiger partial charge is 0.356 e. The van der Waals surface area contributed by atoms with E-state index in [-0.39, 0.29) is 29.5 Å². The van der Waals surface area contributed by atoms with Gasteiger partial charge >= 0.3 is 5.97 Å². The standard InChI is InChI=1S/C24H40O5S/c1-4-6-7-17(3)12-20(25)8-9-21-22-14-18(13-19(22)15-23(21)26)10-11-30(28)16-24(27)29-5-2/h8-9,17-19,21-23,26H,4-7,10-16H2,1-3H3/t17?,18?,19-,21-,22+,23-,30?/m0/s1. The van der Waals surface area contributed by atoms with E-state index in [0.29, 0.717) is 42.5 Å². The first-order valence-electron chi connectivity index (χ1n) is 11.7. The third kappa shape index (κ3) is 8.01. The van der Waals surface area contributed by atoms with Gasteiger partial charge in [0.15, 0.2) is 5.78 Å². The number of hydrogen-bond acceptors (Lipinski definition) is 5. The van der Waals surface area contributed by atoms with Gasteiger partial charge in [-0.15, -0.1) is 0 Å². The molecule has 0 aliphatic heterocycles. The molecule has 30 heavy (non-hydrogen) atoms. The molecule has 0 aromatic carbocycles. The summed E-state index contributed by atoms with van der Waals surface area (Å²) in [6, 6.07) is 0. The number of unbranched alkanes of at least 4 members (excludes halogenated alkanes) is 1.